The Morgan fingerprint density at radius 1 is 1.39 bits per heavy atom. The fourth-order valence-electron chi connectivity index (χ4n) is 1.88. The Labute approximate surface area is 115 Å². The summed E-state index contributed by atoms with van der Waals surface area (Å²) in [6.45, 7) is 6.43. The van der Waals surface area contributed by atoms with Crippen LogP contribution in [0.25, 0.3) is 0 Å². The molecular weight excluding hydrogens is 272 g/mol. The Bertz CT molecular complexity index is 551. The van der Waals surface area contributed by atoms with Crippen LogP contribution in [0.5, 0.6) is 0 Å². The molecule has 18 heavy (non-hydrogen) atoms. The smallest absolute Gasteiger partial charge is 0.0972 e. The quantitative estimate of drug-likeness (QED) is 0.937. The van der Waals surface area contributed by atoms with Gasteiger partial charge < -0.3 is 5.11 Å². The Morgan fingerprint density at radius 2 is 2.11 bits per heavy atom. The number of aliphatic hydroxyl groups is 1. The van der Waals surface area contributed by atoms with E-state index in [2.05, 4.69) is 14.7 Å². The first-order valence-corrected chi connectivity index (χ1v) is 6.88. The van der Waals surface area contributed by atoms with Crippen LogP contribution in [-0.2, 0) is 13.0 Å². The summed E-state index contributed by atoms with van der Waals surface area (Å²) in [5, 5.41) is 19.1. The Kier molecular flexibility index (Phi) is 3.99. The first-order valence-electron chi connectivity index (χ1n) is 5.73. The third-order valence-electron chi connectivity index (χ3n) is 2.83. The summed E-state index contributed by atoms with van der Waals surface area (Å²) in [6, 6.07) is 0. The number of hydrogen-bond acceptors (Lipinski definition) is 5. The van der Waals surface area contributed by atoms with Crippen molar-refractivity contribution < 1.29 is 5.11 Å². The average Bonchev–Trinajstić information content (AvgIpc) is 2.87. The molecule has 7 heteroatoms. The molecule has 2 aromatic rings. The highest BCUT2D eigenvalue weighted by Gasteiger charge is 2.20. The molecule has 98 valence electrons. The molecular formula is C11H15ClN4OS. The van der Waals surface area contributed by atoms with Gasteiger partial charge in [-0.2, -0.15) is 5.10 Å². The SMILES string of the molecule is CCn1nc(C)c(Cl)c1CC(O)c1snnc1C. The predicted octanol–water partition coefficient (Wildman–Crippen LogP) is 2.30. The minimum atomic E-state index is -0.635. The van der Waals surface area contributed by atoms with E-state index in [1.165, 1.54) is 11.5 Å². The van der Waals surface area contributed by atoms with Crippen molar-refractivity contribution in [1.82, 2.24) is 19.4 Å². The van der Waals surface area contributed by atoms with Gasteiger partial charge in [0.25, 0.3) is 0 Å². The van der Waals surface area contributed by atoms with Gasteiger partial charge >= 0.3 is 0 Å². The first-order chi connectivity index (χ1) is 8.54. The molecule has 0 saturated carbocycles. The number of rotatable bonds is 4. The van der Waals surface area contributed by atoms with E-state index in [0.717, 1.165) is 28.5 Å². The van der Waals surface area contributed by atoms with Crippen LogP contribution in [0.1, 0.15) is 35.0 Å². The number of aromatic nitrogens is 4. The first kappa shape index (κ1) is 13.5. The molecule has 0 amide bonds. The maximum absolute atomic E-state index is 10.2. The summed E-state index contributed by atoms with van der Waals surface area (Å²) in [7, 11) is 0. The van der Waals surface area contributed by atoms with E-state index < -0.39 is 6.10 Å². The molecule has 0 aliphatic rings. The lowest BCUT2D eigenvalue weighted by atomic mass is 10.1. The van der Waals surface area contributed by atoms with Gasteiger partial charge in [0.05, 0.1) is 33.1 Å². The maximum Gasteiger partial charge on any atom is 0.0972 e. The molecule has 0 aliphatic heterocycles. The molecule has 0 fully saturated rings. The van der Waals surface area contributed by atoms with Gasteiger partial charge in [0.15, 0.2) is 0 Å². The van der Waals surface area contributed by atoms with Crippen molar-refractivity contribution in [1.29, 1.82) is 0 Å². The number of aliphatic hydroxyl groups excluding tert-OH is 1. The third-order valence-corrected chi connectivity index (χ3v) is 4.25. The van der Waals surface area contributed by atoms with Gasteiger partial charge in [-0.25, -0.2) is 0 Å². The van der Waals surface area contributed by atoms with Crippen molar-refractivity contribution >= 4 is 23.1 Å². The summed E-state index contributed by atoms with van der Waals surface area (Å²) < 4.78 is 5.65. The van der Waals surface area contributed by atoms with E-state index in [1.807, 2.05) is 25.5 Å². The zero-order chi connectivity index (χ0) is 13.3. The second kappa shape index (κ2) is 5.34. The number of aryl methyl sites for hydroxylation is 3. The molecule has 0 aromatic carbocycles. The highest BCUT2D eigenvalue weighted by atomic mass is 35.5. The zero-order valence-corrected chi connectivity index (χ0v) is 12.1. The van der Waals surface area contributed by atoms with Crippen LogP contribution in [0, 0.1) is 13.8 Å². The molecule has 0 spiro atoms. The van der Waals surface area contributed by atoms with E-state index in [4.69, 9.17) is 11.6 Å². The lowest BCUT2D eigenvalue weighted by Crippen LogP contribution is -2.08. The van der Waals surface area contributed by atoms with Crippen molar-refractivity contribution in [2.24, 2.45) is 0 Å². The fraction of sp³-hybridized carbons (Fsp3) is 0.545. The second-order valence-electron chi connectivity index (χ2n) is 4.10. The summed E-state index contributed by atoms with van der Waals surface area (Å²) in [6.07, 6.45) is -0.206. The molecule has 2 heterocycles. The van der Waals surface area contributed by atoms with Crippen molar-refractivity contribution in [3.05, 3.63) is 27.0 Å². The Hall–Kier alpha value is -0.980. The lowest BCUT2D eigenvalue weighted by Gasteiger charge is -2.10. The van der Waals surface area contributed by atoms with E-state index in [9.17, 15) is 5.11 Å². The van der Waals surface area contributed by atoms with Crippen molar-refractivity contribution in [3.63, 3.8) is 0 Å². The summed E-state index contributed by atoms with van der Waals surface area (Å²) in [5.74, 6) is 0. The summed E-state index contributed by atoms with van der Waals surface area (Å²) in [4.78, 5) is 0.785. The molecule has 1 atom stereocenters. The van der Waals surface area contributed by atoms with E-state index >= 15 is 0 Å². The minimum absolute atomic E-state index is 0.429. The Balaban J connectivity index is 2.27. The zero-order valence-electron chi connectivity index (χ0n) is 10.5. The van der Waals surface area contributed by atoms with Gasteiger partial charge in [0.2, 0.25) is 0 Å². The van der Waals surface area contributed by atoms with Gasteiger partial charge in [0.1, 0.15) is 0 Å². The van der Waals surface area contributed by atoms with Gasteiger partial charge in [-0.15, -0.1) is 5.10 Å². The van der Waals surface area contributed by atoms with Crippen LogP contribution in [0.3, 0.4) is 0 Å². The topological polar surface area (TPSA) is 63.8 Å². The van der Waals surface area contributed by atoms with Gasteiger partial charge in [-0.1, -0.05) is 16.1 Å². The molecule has 0 radical (unpaired) electrons. The molecule has 2 aromatic heterocycles. The monoisotopic (exact) mass is 286 g/mol. The number of nitrogens with zero attached hydrogens (tertiary/aromatic N) is 4. The van der Waals surface area contributed by atoms with E-state index in [1.54, 1.807) is 0 Å². The molecule has 1 unspecified atom stereocenters. The summed E-state index contributed by atoms with van der Waals surface area (Å²) in [5.41, 5.74) is 2.42. The molecule has 2 rings (SSSR count). The minimum Gasteiger partial charge on any atom is -0.387 e. The third kappa shape index (κ3) is 2.41. The van der Waals surface area contributed by atoms with E-state index in [-0.39, 0.29) is 0 Å². The molecule has 1 N–H and O–H groups in total. The Morgan fingerprint density at radius 3 is 2.67 bits per heavy atom. The lowest BCUT2D eigenvalue weighted by molar-refractivity contribution is 0.178. The van der Waals surface area contributed by atoms with Crippen LogP contribution >= 0.6 is 23.1 Å². The second-order valence-corrected chi connectivity index (χ2v) is 5.27. The highest BCUT2D eigenvalue weighted by molar-refractivity contribution is 7.05. The van der Waals surface area contributed by atoms with Gasteiger partial charge in [-0.3, -0.25) is 4.68 Å². The van der Waals surface area contributed by atoms with Crippen molar-refractivity contribution in [3.8, 4) is 0 Å². The molecule has 0 aliphatic carbocycles. The van der Waals surface area contributed by atoms with Crippen LogP contribution in [0.2, 0.25) is 5.02 Å². The predicted molar refractivity (Wildman–Crippen MR) is 71.0 cm³/mol. The van der Waals surface area contributed by atoms with Crippen molar-refractivity contribution in [2.75, 3.05) is 0 Å². The fourth-order valence-corrected chi connectivity index (χ4v) is 2.72. The molecule has 5 nitrogen and oxygen atoms in total. The van der Waals surface area contributed by atoms with Crippen molar-refractivity contribution in [2.45, 2.75) is 39.8 Å². The number of hydrogen-bond donors (Lipinski definition) is 1. The molecule has 0 saturated heterocycles. The van der Waals surface area contributed by atoms with Gasteiger partial charge in [-0.05, 0) is 32.3 Å². The largest absolute Gasteiger partial charge is 0.387 e. The average molecular weight is 287 g/mol. The molecule has 0 bridgehead atoms. The standard InChI is InChI=1S/C11H15ClN4OS/c1-4-16-8(10(12)6(2)14-16)5-9(17)11-7(3)13-15-18-11/h9,17H,4-5H2,1-3H3. The van der Waals surface area contributed by atoms with Crippen LogP contribution in [0.4, 0.5) is 0 Å². The number of halogens is 1. The van der Waals surface area contributed by atoms with E-state index in [0.29, 0.717) is 11.4 Å². The maximum atomic E-state index is 10.2. The highest BCUT2D eigenvalue weighted by Crippen LogP contribution is 2.28. The van der Waals surface area contributed by atoms with Crippen LogP contribution in [0.15, 0.2) is 0 Å². The van der Waals surface area contributed by atoms with Crippen LogP contribution < -0.4 is 0 Å². The summed E-state index contributed by atoms with van der Waals surface area (Å²) >= 11 is 7.43. The van der Waals surface area contributed by atoms with Gasteiger partial charge in [0, 0.05) is 13.0 Å². The van der Waals surface area contributed by atoms with Crippen LogP contribution in [-0.4, -0.2) is 24.5 Å². The normalized spacial score (nSPS) is 12.9.